The maximum atomic E-state index is 6.03. The van der Waals surface area contributed by atoms with Crippen LogP contribution >= 0.6 is 55.1 Å². The SMILES string of the molecule is ClCc1cc(Br)c(OCc2ccncc2Cl)c(Br)c1. The molecule has 2 nitrogen and oxygen atoms in total. The number of alkyl halides is 1. The van der Waals surface area contributed by atoms with Crippen LogP contribution in [0.4, 0.5) is 0 Å². The highest BCUT2D eigenvalue weighted by atomic mass is 79.9. The molecule has 1 aromatic heterocycles. The highest BCUT2D eigenvalue weighted by Gasteiger charge is 2.10. The van der Waals surface area contributed by atoms with Crippen LogP contribution in [-0.4, -0.2) is 4.98 Å². The van der Waals surface area contributed by atoms with Crippen molar-refractivity contribution in [3.05, 3.63) is 55.7 Å². The van der Waals surface area contributed by atoms with Gasteiger partial charge in [-0.15, -0.1) is 11.6 Å². The lowest BCUT2D eigenvalue weighted by molar-refractivity contribution is 0.302. The van der Waals surface area contributed by atoms with Gasteiger partial charge in [0.2, 0.25) is 0 Å². The van der Waals surface area contributed by atoms with Crippen LogP contribution in [0.2, 0.25) is 5.02 Å². The molecule has 2 aromatic rings. The van der Waals surface area contributed by atoms with Crippen LogP contribution in [0.1, 0.15) is 11.1 Å². The number of hydrogen-bond donors (Lipinski definition) is 0. The fraction of sp³-hybridized carbons (Fsp3) is 0.154. The van der Waals surface area contributed by atoms with Crippen LogP contribution in [0.15, 0.2) is 39.5 Å². The number of hydrogen-bond acceptors (Lipinski definition) is 2. The lowest BCUT2D eigenvalue weighted by atomic mass is 10.2. The van der Waals surface area contributed by atoms with Gasteiger partial charge in [-0.1, -0.05) is 11.6 Å². The molecule has 0 amide bonds. The summed E-state index contributed by atoms with van der Waals surface area (Å²) in [5.41, 5.74) is 1.89. The van der Waals surface area contributed by atoms with Gasteiger partial charge in [0.1, 0.15) is 12.4 Å². The van der Waals surface area contributed by atoms with E-state index in [1.807, 2.05) is 18.2 Å². The lowest BCUT2D eigenvalue weighted by Gasteiger charge is -2.12. The summed E-state index contributed by atoms with van der Waals surface area (Å²) in [7, 11) is 0. The molecule has 0 atom stereocenters. The van der Waals surface area contributed by atoms with Crippen molar-refractivity contribution in [3.63, 3.8) is 0 Å². The zero-order chi connectivity index (χ0) is 13.8. The molecule has 0 aliphatic heterocycles. The van der Waals surface area contributed by atoms with Gasteiger partial charge in [-0.2, -0.15) is 0 Å². The van der Waals surface area contributed by atoms with Crippen LogP contribution in [0.3, 0.4) is 0 Å². The van der Waals surface area contributed by atoms with Gasteiger partial charge in [-0.3, -0.25) is 4.98 Å². The molecule has 0 saturated heterocycles. The summed E-state index contributed by atoms with van der Waals surface area (Å²) in [4.78, 5) is 3.94. The van der Waals surface area contributed by atoms with E-state index in [9.17, 15) is 0 Å². The minimum Gasteiger partial charge on any atom is -0.486 e. The third-order valence-electron chi connectivity index (χ3n) is 2.44. The number of rotatable bonds is 4. The van der Waals surface area contributed by atoms with E-state index in [1.54, 1.807) is 12.4 Å². The van der Waals surface area contributed by atoms with E-state index in [4.69, 9.17) is 27.9 Å². The smallest absolute Gasteiger partial charge is 0.148 e. The van der Waals surface area contributed by atoms with Crippen LogP contribution in [0, 0.1) is 0 Å². The summed E-state index contributed by atoms with van der Waals surface area (Å²) in [5, 5.41) is 0.590. The normalized spacial score (nSPS) is 10.5. The average molecular weight is 426 g/mol. The molecule has 19 heavy (non-hydrogen) atoms. The summed E-state index contributed by atoms with van der Waals surface area (Å²) in [5.74, 6) is 1.18. The van der Waals surface area contributed by atoms with Gasteiger partial charge in [0, 0.05) is 23.8 Å². The second kappa shape index (κ2) is 6.93. The van der Waals surface area contributed by atoms with E-state index < -0.39 is 0 Å². The maximum absolute atomic E-state index is 6.03. The van der Waals surface area contributed by atoms with E-state index in [0.717, 1.165) is 25.8 Å². The van der Waals surface area contributed by atoms with Gasteiger partial charge >= 0.3 is 0 Å². The molecule has 0 bridgehead atoms. The van der Waals surface area contributed by atoms with Crippen molar-refractivity contribution >= 4 is 55.1 Å². The molecule has 100 valence electrons. The monoisotopic (exact) mass is 423 g/mol. The van der Waals surface area contributed by atoms with Gasteiger partial charge in [0.15, 0.2) is 0 Å². The Morgan fingerprint density at radius 3 is 2.47 bits per heavy atom. The molecule has 0 aliphatic rings. The molecule has 0 spiro atoms. The summed E-state index contributed by atoms with van der Waals surface area (Å²) >= 11 is 18.8. The molecular weight excluding hydrogens is 417 g/mol. The largest absolute Gasteiger partial charge is 0.486 e. The highest BCUT2D eigenvalue weighted by Crippen LogP contribution is 2.36. The Kier molecular flexibility index (Phi) is 5.51. The minimum atomic E-state index is 0.374. The number of aromatic nitrogens is 1. The Hall–Kier alpha value is -0.290. The first-order chi connectivity index (χ1) is 9.11. The minimum absolute atomic E-state index is 0.374. The fourth-order valence-electron chi connectivity index (χ4n) is 1.50. The van der Waals surface area contributed by atoms with Gasteiger partial charge in [-0.25, -0.2) is 0 Å². The number of ether oxygens (including phenoxy) is 1. The van der Waals surface area contributed by atoms with Gasteiger partial charge in [-0.05, 0) is 55.6 Å². The summed E-state index contributed by atoms with van der Waals surface area (Å²) in [6, 6.07) is 5.69. The Morgan fingerprint density at radius 2 is 1.89 bits per heavy atom. The van der Waals surface area contributed by atoms with Crippen molar-refractivity contribution < 1.29 is 4.74 Å². The van der Waals surface area contributed by atoms with Crippen molar-refractivity contribution in [1.29, 1.82) is 0 Å². The van der Waals surface area contributed by atoms with Crippen molar-refractivity contribution in [1.82, 2.24) is 4.98 Å². The number of pyridine rings is 1. The third kappa shape index (κ3) is 3.85. The highest BCUT2D eigenvalue weighted by molar-refractivity contribution is 9.11. The Labute approximate surface area is 138 Å². The standard InChI is InChI=1S/C13H9Br2Cl2NO/c14-10-3-8(5-16)4-11(15)13(10)19-7-9-1-2-18-6-12(9)17/h1-4,6H,5,7H2. The van der Waals surface area contributed by atoms with Gasteiger partial charge in [0.05, 0.1) is 14.0 Å². The fourth-order valence-corrected chi connectivity index (χ4v) is 3.34. The number of halogens is 4. The zero-order valence-electron chi connectivity index (χ0n) is 9.67. The summed E-state index contributed by atoms with van der Waals surface area (Å²) < 4.78 is 7.48. The molecule has 6 heteroatoms. The van der Waals surface area contributed by atoms with Crippen LogP contribution in [-0.2, 0) is 12.5 Å². The first-order valence-corrected chi connectivity index (χ1v) is 7.86. The van der Waals surface area contributed by atoms with Crippen molar-refractivity contribution in [2.24, 2.45) is 0 Å². The van der Waals surface area contributed by atoms with Crippen molar-refractivity contribution in [2.45, 2.75) is 12.5 Å². The number of nitrogens with zero attached hydrogens (tertiary/aromatic N) is 1. The lowest BCUT2D eigenvalue weighted by Crippen LogP contribution is -1.98. The van der Waals surface area contributed by atoms with E-state index in [0.29, 0.717) is 17.5 Å². The average Bonchev–Trinajstić information content (AvgIpc) is 2.39. The zero-order valence-corrected chi connectivity index (χ0v) is 14.4. The first kappa shape index (κ1) is 15.1. The molecule has 0 aliphatic carbocycles. The van der Waals surface area contributed by atoms with Crippen LogP contribution in [0.25, 0.3) is 0 Å². The van der Waals surface area contributed by atoms with E-state index >= 15 is 0 Å². The Balaban J connectivity index is 2.18. The van der Waals surface area contributed by atoms with E-state index in [1.165, 1.54) is 0 Å². The van der Waals surface area contributed by atoms with Crippen molar-refractivity contribution in [3.8, 4) is 5.75 Å². The predicted molar refractivity (Wildman–Crippen MR) is 85.0 cm³/mol. The van der Waals surface area contributed by atoms with Crippen molar-refractivity contribution in [2.75, 3.05) is 0 Å². The second-order valence-electron chi connectivity index (χ2n) is 3.78. The first-order valence-electron chi connectivity index (χ1n) is 5.37. The maximum Gasteiger partial charge on any atom is 0.148 e. The molecule has 0 fully saturated rings. The van der Waals surface area contributed by atoms with E-state index in [-0.39, 0.29) is 0 Å². The quantitative estimate of drug-likeness (QED) is 0.597. The summed E-state index contributed by atoms with van der Waals surface area (Å²) in [6.45, 7) is 0.374. The van der Waals surface area contributed by atoms with E-state index in [2.05, 4.69) is 36.8 Å². The molecule has 0 N–H and O–H groups in total. The Morgan fingerprint density at radius 1 is 1.21 bits per heavy atom. The molecule has 1 aromatic carbocycles. The second-order valence-corrected chi connectivity index (χ2v) is 6.16. The summed E-state index contributed by atoms with van der Waals surface area (Å²) in [6.07, 6.45) is 3.28. The molecule has 1 heterocycles. The number of benzene rings is 1. The molecule has 2 rings (SSSR count). The third-order valence-corrected chi connectivity index (χ3v) is 4.27. The molecule has 0 saturated carbocycles. The molecule has 0 unspecified atom stereocenters. The van der Waals surface area contributed by atoms with Crippen LogP contribution in [0.5, 0.6) is 5.75 Å². The Bertz CT molecular complexity index is 570. The van der Waals surface area contributed by atoms with Crippen LogP contribution < -0.4 is 4.74 Å². The topological polar surface area (TPSA) is 22.1 Å². The predicted octanol–water partition coefficient (Wildman–Crippen LogP) is 5.58. The molecular formula is C13H9Br2Cl2NO. The van der Waals surface area contributed by atoms with Gasteiger partial charge in [0.25, 0.3) is 0 Å². The van der Waals surface area contributed by atoms with Gasteiger partial charge < -0.3 is 4.74 Å². The molecule has 0 radical (unpaired) electrons.